The average Bonchev–Trinajstić information content (AvgIpc) is 2.60. The van der Waals surface area contributed by atoms with Crippen LogP contribution in [0.25, 0.3) is 6.08 Å². The Kier molecular flexibility index (Phi) is 6.23. The van der Waals surface area contributed by atoms with Gasteiger partial charge in [-0.15, -0.1) is 0 Å². The van der Waals surface area contributed by atoms with E-state index in [9.17, 15) is 9.59 Å². The molecule has 6 heteroatoms. The predicted octanol–water partition coefficient (Wildman–Crippen LogP) is 1.97. The second kappa shape index (κ2) is 8.38. The highest BCUT2D eigenvalue weighted by molar-refractivity contribution is 5.87. The lowest BCUT2D eigenvalue weighted by Crippen LogP contribution is -2.51. The van der Waals surface area contributed by atoms with Gasteiger partial charge in [-0.2, -0.15) is 0 Å². The van der Waals surface area contributed by atoms with Crippen molar-refractivity contribution in [3.63, 3.8) is 0 Å². The Morgan fingerprint density at radius 2 is 2.12 bits per heavy atom. The number of carbonyl (C=O) groups is 2. The van der Waals surface area contributed by atoms with Crippen molar-refractivity contribution >= 4 is 17.9 Å². The molecule has 0 radical (unpaired) electrons. The third-order valence-electron chi connectivity index (χ3n) is 4.05. The van der Waals surface area contributed by atoms with E-state index in [-0.39, 0.29) is 12.5 Å². The van der Waals surface area contributed by atoms with E-state index in [0.717, 1.165) is 18.4 Å². The summed E-state index contributed by atoms with van der Waals surface area (Å²) < 4.78 is 10.9. The van der Waals surface area contributed by atoms with Crippen LogP contribution in [-0.4, -0.2) is 43.0 Å². The van der Waals surface area contributed by atoms with E-state index in [0.29, 0.717) is 24.5 Å². The summed E-state index contributed by atoms with van der Waals surface area (Å²) in [6.45, 7) is 2.32. The van der Waals surface area contributed by atoms with Crippen LogP contribution in [0.1, 0.15) is 31.7 Å². The summed E-state index contributed by atoms with van der Waals surface area (Å²) in [6, 6.07) is 4.96. The minimum Gasteiger partial charge on any atom is -0.493 e. The van der Waals surface area contributed by atoms with Crippen molar-refractivity contribution in [2.24, 2.45) is 5.73 Å². The molecule has 1 unspecified atom stereocenters. The Morgan fingerprint density at radius 1 is 1.33 bits per heavy atom. The number of benzene rings is 1. The average molecular weight is 332 g/mol. The topological polar surface area (TPSA) is 81.9 Å². The first kappa shape index (κ1) is 17.8. The van der Waals surface area contributed by atoms with Gasteiger partial charge in [0.2, 0.25) is 5.91 Å². The van der Waals surface area contributed by atoms with Crippen molar-refractivity contribution in [3.05, 3.63) is 29.8 Å². The molecular weight excluding hydrogens is 308 g/mol. The molecule has 1 aliphatic heterocycles. The Balaban J connectivity index is 2.04. The van der Waals surface area contributed by atoms with Crippen LogP contribution >= 0.6 is 0 Å². The monoisotopic (exact) mass is 332 g/mol. The van der Waals surface area contributed by atoms with E-state index in [1.54, 1.807) is 13.2 Å². The number of piperidine rings is 1. The van der Waals surface area contributed by atoms with Gasteiger partial charge in [0.25, 0.3) is 5.91 Å². The summed E-state index contributed by atoms with van der Waals surface area (Å²) in [4.78, 5) is 25.4. The van der Waals surface area contributed by atoms with Crippen LogP contribution in [0.5, 0.6) is 11.5 Å². The molecule has 2 amide bonds. The smallest absolute Gasteiger partial charge is 0.261 e. The summed E-state index contributed by atoms with van der Waals surface area (Å²) in [5, 5.41) is 0. The van der Waals surface area contributed by atoms with Gasteiger partial charge in [0.1, 0.15) is 6.04 Å². The number of nitrogens with two attached hydrogens (primary N) is 1. The molecule has 0 spiro atoms. The van der Waals surface area contributed by atoms with E-state index < -0.39 is 11.9 Å². The molecule has 2 N–H and O–H groups in total. The molecule has 0 bridgehead atoms. The standard InChI is InChI=1S/C18H24N2O4/c1-3-6-13-8-9-15(16(11-13)23-2)24-12-17(21)20-10-5-4-7-14(20)18(19)22/h3,6,8-9,11,14H,4-5,7,10,12H2,1-2H3,(H2,19,22). The lowest BCUT2D eigenvalue weighted by atomic mass is 10.0. The summed E-state index contributed by atoms with van der Waals surface area (Å²) in [6.07, 6.45) is 6.26. The lowest BCUT2D eigenvalue weighted by Gasteiger charge is -2.33. The van der Waals surface area contributed by atoms with Crippen LogP contribution in [0.15, 0.2) is 24.3 Å². The quantitative estimate of drug-likeness (QED) is 0.863. The van der Waals surface area contributed by atoms with Gasteiger partial charge in [-0.3, -0.25) is 9.59 Å². The SMILES string of the molecule is CC=Cc1ccc(OCC(=O)N2CCCCC2C(N)=O)c(OC)c1. The molecule has 0 aromatic heterocycles. The van der Waals surface area contributed by atoms with Gasteiger partial charge >= 0.3 is 0 Å². The lowest BCUT2D eigenvalue weighted by molar-refractivity contribution is -0.142. The Hall–Kier alpha value is -2.50. The minimum atomic E-state index is -0.534. The molecule has 1 aliphatic rings. The fraction of sp³-hybridized carbons (Fsp3) is 0.444. The number of primary amides is 1. The molecule has 1 aromatic rings. The van der Waals surface area contributed by atoms with E-state index in [1.807, 2.05) is 31.2 Å². The third kappa shape index (κ3) is 4.28. The van der Waals surface area contributed by atoms with Gasteiger partial charge in [-0.25, -0.2) is 0 Å². The molecule has 6 nitrogen and oxygen atoms in total. The maximum absolute atomic E-state index is 12.4. The molecule has 2 rings (SSSR count). The second-order valence-corrected chi connectivity index (χ2v) is 5.70. The second-order valence-electron chi connectivity index (χ2n) is 5.70. The zero-order chi connectivity index (χ0) is 17.5. The van der Waals surface area contributed by atoms with Crippen molar-refractivity contribution in [2.75, 3.05) is 20.3 Å². The fourth-order valence-corrected chi connectivity index (χ4v) is 2.85. The highest BCUT2D eigenvalue weighted by Crippen LogP contribution is 2.29. The molecule has 0 saturated carbocycles. The Labute approximate surface area is 142 Å². The molecule has 1 aromatic carbocycles. The van der Waals surface area contributed by atoms with E-state index in [2.05, 4.69) is 0 Å². The number of methoxy groups -OCH3 is 1. The van der Waals surface area contributed by atoms with E-state index >= 15 is 0 Å². The molecular formula is C18H24N2O4. The maximum atomic E-state index is 12.4. The van der Waals surface area contributed by atoms with Crippen molar-refractivity contribution < 1.29 is 19.1 Å². The number of ether oxygens (including phenoxy) is 2. The summed E-state index contributed by atoms with van der Waals surface area (Å²) in [5.74, 6) is 0.352. The Bertz CT molecular complexity index is 627. The van der Waals surface area contributed by atoms with Crippen molar-refractivity contribution in [1.29, 1.82) is 0 Å². The van der Waals surface area contributed by atoms with Crippen LogP contribution < -0.4 is 15.2 Å². The van der Waals surface area contributed by atoms with Gasteiger partial charge in [-0.05, 0) is 43.9 Å². The molecule has 1 atom stereocenters. The molecule has 1 saturated heterocycles. The first-order valence-electron chi connectivity index (χ1n) is 8.09. The van der Waals surface area contributed by atoms with Gasteiger partial charge in [-0.1, -0.05) is 18.2 Å². The number of carbonyl (C=O) groups excluding carboxylic acids is 2. The van der Waals surface area contributed by atoms with Crippen LogP contribution in [-0.2, 0) is 9.59 Å². The number of rotatable bonds is 6. The third-order valence-corrected chi connectivity index (χ3v) is 4.05. The maximum Gasteiger partial charge on any atom is 0.261 e. The predicted molar refractivity (Wildman–Crippen MR) is 91.7 cm³/mol. The van der Waals surface area contributed by atoms with Crippen LogP contribution in [0, 0.1) is 0 Å². The van der Waals surface area contributed by atoms with Crippen LogP contribution in [0.4, 0.5) is 0 Å². The van der Waals surface area contributed by atoms with E-state index in [4.69, 9.17) is 15.2 Å². The van der Waals surface area contributed by atoms with Crippen molar-refractivity contribution in [3.8, 4) is 11.5 Å². The number of nitrogens with zero attached hydrogens (tertiary/aromatic N) is 1. The highest BCUT2D eigenvalue weighted by Gasteiger charge is 2.30. The first-order chi connectivity index (χ1) is 11.6. The number of hydrogen-bond donors (Lipinski definition) is 1. The summed E-state index contributed by atoms with van der Waals surface area (Å²) in [7, 11) is 1.55. The summed E-state index contributed by atoms with van der Waals surface area (Å²) in [5.41, 5.74) is 6.38. The normalized spacial score (nSPS) is 17.8. The van der Waals surface area contributed by atoms with Gasteiger partial charge in [0.15, 0.2) is 18.1 Å². The van der Waals surface area contributed by atoms with Crippen LogP contribution in [0.2, 0.25) is 0 Å². The van der Waals surface area contributed by atoms with Crippen LogP contribution in [0.3, 0.4) is 0 Å². The zero-order valence-corrected chi connectivity index (χ0v) is 14.2. The highest BCUT2D eigenvalue weighted by atomic mass is 16.5. The molecule has 0 aliphatic carbocycles. The molecule has 1 fully saturated rings. The number of hydrogen-bond acceptors (Lipinski definition) is 4. The largest absolute Gasteiger partial charge is 0.493 e. The van der Waals surface area contributed by atoms with Crippen molar-refractivity contribution in [1.82, 2.24) is 4.90 Å². The molecule has 24 heavy (non-hydrogen) atoms. The molecule has 130 valence electrons. The number of allylic oxidation sites excluding steroid dienone is 1. The first-order valence-corrected chi connectivity index (χ1v) is 8.09. The van der Waals surface area contributed by atoms with Gasteiger partial charge in [0.05, 0.1) is 7.11 Å². The zero-order valence-electron chi connectivity index (χ0n) is 14.2. The molecule has 1 heterocycles. The summed E-state index contributed by atoms with van der Waals surface area (Å²) >= 11 is 0. The minimum absolute atomic E-state index is 0.150. The van der Waals surface area contributed by atoms with Gasteiger partial charge in [0, 0.05) is 6.54 Å². The van der Waals surface area contributed by atoms with E-state index in [1.165, 1.54) is 4.90 Å². The van der Waals surface area contributed by atoms with Gasteiger partial charge < -0.3 is 20.1 Å². The Morgan fingerprint density at radius 3 is 2.79 bits per heavy atom. The number of amides is 2. The van der Waals surface area contributed by atoms with Crippen molar-refractivity contribution in [2.45, 2.75) is 32.2 Å². The fourth-order valence-electron chi connectivity index (χ4n) is 2.85. The number of likely N-dealkylation sites (tertiary alicyclic amines) is 1.